The summed E-state index contributed by atoms with van der Waals surface area (Å²) in [4.78, 5) is 25.8. The average Bonchev–Trinajstić information content (AvgIpc) is 2.93. The first-order valence-electron chi connectivity index (χ1n) is 13.0. The number of carbonyl (C=O) groups is 2. The van der Waals surface area contributed by atoms with Gasteiger partial charge in [-0.2, -0.15) is 4.99 Å². The molecular formula is C27H35F2N5O8S. The Labute approximate surface area is 248 Å². The highest BCUT2D eigenvalue weighted by molar-refractivity contribution is 7.89. The quantitative estimate of drug-likeness (QED) is 0.0813. The van der Waals surface area contributed by atoms with Gasteiger partial charge in [0.1, 0.15) is 5.75 Å². The van der Waals surface area contributed by atoms with Crippen molar-refractivity contribution in [3.8, 4) is 11.5 Å². The second-order valence-corrected chi connectivity index (χ2v) is 10.5. The third-order valence-electron chi connectivity index (χ3n) is 5.23. The lowest BCUT2D eigenvalue weighted by molar-refractivity contribution is -0.119. The molecule has 0 bridgehead atoms. The lowest BCUT2D eigenvalue weighted by atomic mass is 10.1. The Kier molecular flexibility index (Phi) is 14.6. The maximum absolute atomic E-state index is 14.6. The van der Waals surface area contributed by atoms with E-state index < -0.39 is 39.3 Å². The van der Waals surface area contributed by atoms with Crippen molar-refractivity contribution >= 4 is 33.9 Å². The molecule has 0 aromatic heterocycles. The summed E-state index contributed by atoms with van der Waals surface area (Å²) in [6, 6.07) is 6.84. The Morgan fingerprint density at radius 2 is 1.42 bits per heavy atom. The molecule has 13 nitrogen and oxygen atoms in total. The number of nitrogens with zero attached hydrogens (tertiary/aromatic N) is 1. The summed E-state index contributed by atoms with van der Waals surface area (Å²) >= 11 is 0. The number of sulfonamides is 1. The standard InChI is InChI=1S/C27H35F2N5O8S/c1-18(26(36)34-27(30)31)15-20-16-23(28)25(24(29)17-20)42-21-3-5-22(6-4-21)43(37,38)33-8-10-40-12-14-41-13-11-39-9-7-32-19(2)35/h3-6,15-17,33H,7-14H2,1-2H3,(H,32,35)(H4,30,31,34,36)/b18-15+. The smallest absolute Gasteiger partial charge is 0.275 e. The highest BCUT2D eigenvalue weighted by Gasteiger charge is 2.17. The highest BCUT2D eigenvalue weighted by atomic mass is 32.2. The van der Waals surface area contributed by atoms with Crippen LogP contribution in [0.3, 0.4) is 0 Å². The van der Waals surface area contributed by atoms with Crippen LogP contribution in [0.4, 0.5) is 8.78 Å². The van der Waals surface area contributed by atoms with E-state index in [0.29, 0.717) is 33.0 Å². The number of aliphatic imine (C=N–C) groups is 1. The van der Waals surface area contributed by atoms with E-state index in [9.17, 15) is 26.8 Å². The molecule has 0 aliphatic rings. The topological polar surface area (TPSA) is 194 Å². The molecule has 0 unspecified atom stereocenters. The Hall–Kier alpha value is -3.96. The van der Waals surface area contributed by atoms with Gasteiger partial charge in [0.15, 0.2) is 23.3 Å². The highest BCUT2D eigenvalue weighted by Crippen LogP contribution is 2.30. The fraction of sp³-hybridized carbons (Fsp3) is 0.370. The maximum atomic E-state index is 14.6. The summed E-state index contributed by atoms with van der Waals surface area (Å²) in [5, 5.41) is 2.60. The van der Waals surface area contributed by atoms with Crippen LogP contribution in [-0.4, -0.2) is 78.9 Å². The van der Waals surface area contributed by atoms with Gasteiger partial charge >= 0.3 is 0 Å². The van der Waals surface area contributed by atoms with Crippen LogP contribution in [0, 0.1) is 11.6 Å². The van der Waals surface area contributed by atoms with E-state index in [4.69, 9.17) is 30.4 Å². The second-order valence-electron chi connectivity index (χ2n) is 8.77. The summed E-state index contributed by atoms with van der Waals surface area (Å²) in [7, 11) is -3.88. The molecule has 0 aliphatic carbocycles. The number of carbonyl (C=O) groups excluding carboxylic acids is 2. The molecule has 2 rings (SSSR count). The summed E-state index contributed by atoms with van der Waals surface area (Å²) in [6.45, 7) is 4.97. The molecule has 2 aromatic carbocycles. The van der Waals surface area contributed by atoms with Gasteiger partial charge in [-0.3, -0.25) is 9.59 Å². The number of nitrogens with two attached hydrogens (primary N) is 2. The minimum absolute atomic E-state index is 0.00108. The molecule has 0 spiro atoms. The van der Waals surface area contributed by atoms with Crippen molar-refractivity contribution in [3.63, 3.8) is 0 Å². The van der Waals surface area contributed by atoms with Crippen LogP contribution in [0.25, 0.3) is 6.08 Å². The molecule has 0 aliphatic heterocycles. The molecule has 0 fully saturated rings. The normalized spacial score (nSPS) is 11.7. The van der Waals surface area contributed by atoms with Crippen LogP contribution in [0.2, 0.25) is 0 Å². The molecule has 16 heteroatoms. The van der Waals surface area contributed by atoms with Crippen molar-refractivity contribution in [1.29, 1.82) is 0 Å². The van der Waals surface area contributed by atoms with Gasteiger partial charge in [-0.15, -0.1) is 0 Å². The molecule has 2 amide bonds. The van der Waals surface area contributed by atoms with Crippen molar-refractivity contribution in [3.05, 3.63) is 59.2 Å². The first kappa shape index (κ1) is 35.2. The van der Waals surface area contributed by atoms with Crippen molar-refractivity contribution in [1.82, 2.24) is 10.0 Å². The largest absolute Gasteiger partial charge is 0.451 e. The number of benzene rings is 2. The second kappa shape index (κ2) is 17.9. The lowest BCUT2D eigenvalue weighted by Gasteiger charge is -2.11. The molecule has 0 heterocycles. The van der Waals surface area contributed by atoms with Crippen LogP contribution in [0.1, 0.15) is 19.4 Å². The van der Waals surface area contributed by atoms with Gasteiger partial charge in [0, 0.05) is 25.6 Å². The predicted molar refractivity (Wildman–Crippen MR) is 154 cm³/mol. The molecule has 236 valence electrons. The van der Waals surface area contributed by atoms with Crippen LogP contribution < -0.4 is 26.2 Å². The van der Waals surface area contributed by atoms with Crippen LogP contribution in [-0.2, 0) is 33.8 Å². The third kappa shape index (κ3) is 13.3. The molecule has 0 radical (unpaired) electrons. The fourth-order valence-corrected chi connectivity index (χ4v) is 4.27. The molecule has 0 atom stereocenters. The fourth-order valence-electron chi connectivity index (χ4n) is 3.25. The van der Waals surface area contributed by atoms with Crippen molar-refractivity contribution in [2.75, 3.05) is 52.7 Å². The predicted octanol–water partition coefficient (Wildman–Crippen LogP) is 1.42. The zero-order valence-electron chi connectivity index (χ0n) is 23.7. The van der Waals surface area contributed by atoms with E-state index in [0.717, 1.165) is 12.1 Å². The molecule has 43 heavy (non-hydrogen) atoms. The molecular weight excluding hydrogens is 592 g/mol. The Morgan fingerprint density at radius 3 is 1.95 bits per heavy atom. The van der Waals surface area contributed by atoms with Gasteiger partial charge in [0.2, 0.25) is 15.9 Å². The summed E-state index contributed by atoms with van der Waals surface area (Å²) in [6.07, 6.45) is 1.20. The van der Waals surface area contributed by atoms with Crippen molar-refractivity contribution in [2.24, 2.45) is 16.5 Å². The first-order valence-corrected chi connectivity index (χ1v) is 14.4. The van der Waals surface area contributed by atoms with Gasteiger partial charge < -0.3 is 35.7 Å². The maximum Gasteiger partial charge on any atom is 0.275 e. The van der Waals surface area contributed by atoms with E-state index >= 15 is 0 Å². The third-order valence-corrected chi connectivity index (χ3v) is 6.71. The van der Waals surface area contributed by atoms with Crippen molar-refractivity contribution < 1.29 is 45.7 Å². The van der Waals surface area contributed by atoms with E-state index in [1.54, 1.807) is 0 Å². The number of amides is 2. The van der Waals surface area contributed by atoms with Crippen LogP contribution in [0.5, 0.6) is 11.5 Å². The van der Waals surface area contributed by atoms with E-state index in [-0.39, 0.29) is 47.4 Å². The minimum atomic E-state index is -3.88. The number of halogens is 2. The van der Waals surface area contributed by atoms with E-state index in [1.165, 1.54) is 44.2 Å². The van der Waals surface area contributed by atoms with E-state index in [1.807, 2.05) is 0 Å². The number of hydrogen-bond acceptors (Lipinski definition) is 8. The number of rotatable bonds is 18. The average molecular weight is 628 g/mol. The molecule has 2 aromatic rings. The Morgan fingerprint density at radius 1 is 0.884 bits per heavy atom. The zero-order valence-corrected chi connectivity index (χ0v) is 24.5. The Balaban J connectivity index is 1.78. The monoisotopic (exact) mass is 627 g/mol. The minimum Gasteiger partial charge on any atom is -0.451 e. The van der Waals surface area contributed by atoms with Gasteiger partial charge in [-0.25, -0.2) is 21.9 Å². The summed E-state index contributed by atoms with van der Waals surface area (Å²) in [5.41, 5.74) is 10.4. The van der Waals surface area contributed by atoms with Gasteiger partial charge in [-0.1, -0.05) is 0 Å². The number of guanidine groups is 1. The number of nitrogens with one attached hydrogen (secondary N) is 2. The zero-order chi connectivity index (χ0) is 31.8. The number of ether oxygens (including phenoxy) is 4. The number of hydrogen-bond donors (Lipinski definition) is 4. The summed E-state index contributed by atoms with van der Waals surface area (Å²) < 4.78 is 77.9. The van der Waals surface area contributed by atoms with E-state index in [2.05, 4.69) is 15.0 Å². The first-order chi connectivity index (χ1) is 20.4. The van der Waals surface area contributed by atoms with Crippen LogP contribution >= 0.6 is 0 Å². The Bertz CT molecular complexity index is 1380. The summed E-state index contributed by atoms with van der Waals surface area (Å²) in [5.74, 6) is -4.17. The molecule has 0 saturated heterocycles. The van der Waals surface area contributed by atoms with Crippen molar-refractivity contribution in [2.45, 2.75) is 18.7 Å². The molecule has 6 N–H and O–H groups in total. The molecule has 0 saturated carbocycles. The SMILES string of the molecule is CC(=O)NCCOCCOCCOCCNS(=O)(=O)c1ccc(Oc2c(F)cc(/C=C(\C)C(=O)N=C(N)N)cc2F)cc1. The van der Waals surface area contributed by atoms with Gasteiger partial charge in [-0.05, 0) is 55.0 Å². The lowest BCUT2D eigenvalue weighted by Crippen LogP contribution is -2.28. The van der Waals surface area contributed by atoms with Gasteiger partial charge in [0.05, 0.1) is 44.5 Å². The van der Waals surface area contributed by atoms with Gasteiger partial charge in [0.25, 0.3) is 5.91 Å². The van der Waals surface area contributed by atoms with Crippen LogP contribution in [0.15, 0.2) is 51.9 Å².